The highest BCUT2D eigenvalue weighted by molar-refractivity contribution is 8.09. The first-order valence-electron chi connectivity index (χ1n) is 6.55. The molecule has 0 saturated carbocycles. The van der Waals surface area contributed by atoms with E-state index in [2.05, 4.69) is 26.8 Å². The summed E-state index contributed by atoms with van der Waals surface area (Å²) in [4.78, 5) is 0. The molecule has 0 radical (unpaired) electrons. The van der Waals surface area contributed by atoms with Crippen molar-refractivity contribution in [3.63, 3.8) is 0 Å². The highest BCUT2D eigenvalue weighted by Gasteiger charge is 2.33. The molecule has 0 fully saturated rings. The molecule has 0 saturated heterocycles. The van der Waals surface area contributed by atoms with Crippen LogP contribution in [-0.2, 0) is 22.8 Å². The normalized spacial score (nSPS) is 19.4. The predicted molar refractivity (Wildman–Crippen MR) is 81.9 cm³/mol. The van der Waals surface area contributed by atoms with Gasteiger partial charge in [0.15, 0.2) is 11.5 Å². The topological polar surface area (TPSA) is 27.7 Å². The zero-order valence-electron chi connectivity index (χ0n) is 11.9. The van der Waals surface area contributed by atoms with Crippen molar-refractivity contribution in [2.45, 2.75) is 39.2 Å². The summed E-state index contributed by atoms with van der Waals surface area (Å²) in [5.41, 5.74) is 0.996. The summed E-state index contributed by atoms with van der Waals surface area (Å²) in [5.74, 6) is 1.54. The van der Waals surface area contributed by atoms with Crippen molar-refractivity contribution in [3.8, 4) is 11.5 Å². The minimum Gasteiger partial charge on any atom is -0.483 e. The van der Waals surface area contributed by atoms with Crippen LogP contribution in [0.1, 0.15) is 32.8 Å². The van der Waals surface area contributed by atoms with Crippen molar-refractivity contribution in [2.24, 2.45) is 0 Å². The van der Waals surface area contributed by atoms with Gasteiger partial charge in [-0.25, -0.2) is 0 Å². The third-order valence-corrected chi connectivity index (χ3v) is 4.57. The van der Waals surface area contributed by atoms with Gasteiger partial charge in [0.1, 0.15) is 5.60 Å². The van der Waals surface area contributed by atoms with Crippen LogP contribution in [0.4, 0.5) is 0 Å². The van der Waals surface area contributed by atoms with E-state index >= 15 is 0 Å². The van der Waals surface area contributed by atoms with Crippen LogP contribution in [0.25, 0.3) is 0 Å². The van der Waals surface area contributed by atoms with E-state index in [9.17, 15) is 0 Å². The van der Waals surface area contributed by atoms with Crippen molar-refractivity contribution < 1.29 is 13.8 Å². The fourth-order valence-corrected chi connectivity index (χ4v) is 3.65. The number of fused-ring (bicyclic) bond motifs is 1. The summed E-state index contributed by atoms with van der Waals surface area (Å²) in [6, 6.07) is 5.96. The van der Waals surface area contributed by atoms with E-state index in [1.807, 2.05) is 18.8 Å². The molecule has 1 heterocycles. The van der Waals surface area contributed by atoms with E-state index in [1.54, 1.807) is 0 Å². The highest BCUT2D eigenvalue weighted by atomic mass is 32.5. The molecule has 1 aromatic carbocycles. The first-order chi connectivity index (χ1) is 8.83. The Morgan fingerprint density at radius 3 is 2.84 bits per heavy atom. The molecule has 19 heavy (non-hydrogen) atoms. The lowest BCUT2D eigenvalue weighted by molar-refractivity contribution is 0.135. The minimum absolute atomic E-state index is 0.178. The molecule has 3 nitrogen and oxygen atoms in total. The molecular formula is C14H21O3PS. The van der Waals surface area contributed by atoms with Crippen molar-refractivity contribution >= 4 is 18.3 Å². The Kier molecular flexibility index (Phi) is 4.24. The van der Waals surface area contributed by atoms with Gasteiger partial charge in [0.25, 0.3) is 0 Å². The molecule has 0 aliphatic carbocycles. The van der Waals surface area contributed by atoms with Crippen molar-refractivity contribution in [3.05, 3.63) is 23.8 Å². The van der Waals surface area contributed by atoms with Crippen LogP contribution in [0.2, 0.25) is 0 Å². The second-order valence-corrected chi connectivity index (χ2v) is 9.45. The lowest BCUT2D eigenvalue weighted by Crippen LogP contribution is -2.24. The number of para-hydroxylation sites is 1. The Bertz CT molecular complexity index is 513. The lowest BCUT2D eigenvalue weighted by Gasteiger charge is -2.21. The van der Waals surface area contributed by atoms with Gasteiger partial charge in [-0.3, -0.25) is 0 Å². The molecule has 5 heteroatoms. The molecule has 0 bridgehead atoms. The number of ether oxygens (including phenoxy) is 1. The maximum atomic E-state index is 5.97. The maximum absolute atomic E-state index is 5.97. The Hall–Kier alpha value is -0.570. The van der Waals surface area contributed by atoms with Crippen LogP contribution in [0.3, 0.4) is 0 Å². The average molecular weight is 300 g/mol. The molecule has 0 N–H and O–H groups in total. The summed E-state index contributed by atoms with van der Waals surface area (Å²) < 4.78 is 17.5. The fraction of sp³-hybridized carbons (Fsp3) is 0.571. The van der Waals surface area contributed by atoms with Crippen LogP contribution in [0, 0.1) is 0 Å². The van der Waals surface area contributed by atoms with Crippen LogP contribution < -0.4 is 9.26 Å². The summed E-state index contributed by atoms with van der Waals surface area (Å²) in [7, 11) is 0. The van der Waals surface area contributed by atoms with Crippen LogP contribution in [-0.4, -0.2) is 18.9 Å². The predicted octanol–water partition coefficient (Wildman–Crippen LogP) is 4.14. The first kappa shape index (κ1) is 14.8. The molecule has 1 unspecified atom stereocenters. The number of hydrogen-bond donors (Lipinski definition) is 0. The lowest BCUT2D eigenvalue weighted by atomic mass is 10.0. The van der Waals surface area contributed by atoms with Gasteiger partial charge in [-0.15, -0.1) is 0 Å². The molecule has 1 aliphatic heterocycles. The minimum atomic E-state index is -2.25. The van der Waals surface area contributed by atoms with E-state index in [-0.39, 0.29) is 5.60 Å². The van der Waals surface area contributed by atoms with Gasteiger partial charge in [-0.2, -0.15) is 0 Å². The van der Waals surface area contributed by atoms with Gasteiger partial charge in [-0.05, 0) is 38.1 Å². The van der Waals surface area contributed by atoms with E-state index in [0.717, 1.165) is 18.6 Å². The molecule has 1 aliphatic rings. The van der Waals surface area contributed by atoms with Crippen LogP contribution >= 0.6 is 6.49 Å². The molecular weight excluding hydrogens is 279 g/mol. The highest BCUT2D eigenvalue weighted by Crippen LogP contribution is 2.50. The Balaban J connectivity index is 2.20. The zero-order valence-corrected chi connectivity index (χ0v) is 13.6. The number of hydrogen-bond acceptors (Lipinski definition) is 4. The van der Waals surface area contributed by atoms with Crippen molar-refractivity contribution in [1.82, 2.24) is 0 Å². The largest absolute Gasteiger partial charge is 0.483 e. The van der Waals surface area contributed by atoms with Crippen LogP contribution in [0.5, 0.6) is 11.5 Å². The third kappa shape index (κ3) is 3.71. The van der Waals surface area contributed by atoms with Crippen molar-refractivity contribution in [1.29, 1.82) is 0 Å². The van der Waals surface area contributed by atoms with Gasteiger partial charge in [0.2, 0.25) is 6.49 Å². The average Bonchev–Trinajstić information content (AvgIpc) is 2.61. The molecule has 2 rings (SSSR count). The summed E-state index contributed by atoms with van der Waals surface area (Å²) >= 11 is 5.43. The SMILES string of the molecule is CCCOP(C)(=S)Oc1cccc2c1OC(C)(C)C2. The molecule has 0 amide bonds. The van der Waals surface area contributed by atoms with E-state index in [4.69, 9.17) is 25.6 Å². The standard InChI is InChI=1S/C14H21O3PS/c1-5-9-15-18(4,19)17-12-8-6-7-11-10-14(2,3)16-13(11)12/h6-8H,5,9-10H2,1-4H3. The molecule has 106 valence electrons. The monoisotopic (exact) mass is 300 g/mol. The summed E-state index contributed by atoms with van der Waals surface area (Å²) in [5, 5.41) is 0. The Labute approximate surface area is 120 Å². The second-order valence-electron chi connectivity index (χ2n) is 5.48. The number of rotatable bonds is 5. The third-order valence-electron chi connectivity index (χ3n) is 2.85. The zero-order chi connectivity index (χ0) is 14.1. The van der Waals surface area contributed by atoms with Gasteiger partial charge in [0.05, 0.1) is 6.61 Å². The molecule has 1 aromatic rings. The van der Waals surface area contributed by atoms with Crippen molar-refractivity contribution in [2.75, 3.05) is 13.3 Å². The number of benzene rings is 1. The summed E-state index contributed by atoms with van der Waals surface area (Å²) in [6.45, 7) is 6.45. The van der Waals surface area contributed by atoms with E-state index in [0.29, 0.717) is 12.4 Å². The Morgan fingerprint density at radius 1 is 1.42 bits per heavy atom. The first-order valence-corrected chi connectivity index (χ1v) is 9.64. The van der Waals surface area contributed by atoms with Gasteiger partial charge >= 0.3 is 0 Å². The smallest absolute Gasteiger partial charge is 0.235 e. The fourth-order valence-electron chi connectivity index (χ4n) is 2.12. The second kappa shape index (κ2) is 5.43. The maximum Gasteiger partial charge on any atom is 0.235 e. The quantitative estimate of drug-likeness (QED) is 0.764. The molecule has 1 atom stereocenters. The van der Waals surface area contributed by atoms with Gasteiger partial charge < -0.3 is 13.8 Å². The Morgan fingerprint density at radius 2 is 2.16 bits per heavy atom. The molecule has 0 spiro atoms. The van der Waals surface area contributed by atoms with Gasteiger partial charge in [0, 0.05) is 18.6 Å². The van der Waals surface area contributed by atoms with E-state index in [1.165, 1.54) is 5.56 Å². The summed E-state index contributed by atoms with van der Waals surface area (Å²) in [6.07, 6.45) is 1.83. The van der Waals surface area contributed by atoms with Crippen LogP contribution in [0.15, 0.2) is 18.2 Å². The van der Waals surface area contributed by atoms with E-state index < -0.39 is 6.49 Å². The molecule has 0 aromatic heterocycles. The van der Waals surface area contributed by atoms with Gasteiger partial charge in [-0.1, -0.05) is 19.1 Å².